The number of hydrogen-bond acceptors (Lipinski definition) is 10. The number of methoxy groups -OCH3 is 3. The molecule has 1 aliphatic rings. The lowest BCUT2D eigenvalue weighted by Gasteiger charge is -2.41. The topological polar surface area (TPSA) is 184 Å². The highest BCUT2D eigenvalue weighted by molar-refractivity contribution is 5.91. The molecule has 0 saturated carbocycles. The second kappa shape index (κ2) is 27.6. The van der Waals surface area contributed by atoms with E-state index in [1.807, 2.05) is 108 Å². The van der Waals surface area contributed by atoms with E-state index in [0.29, 0.717) is 44.3 Å². The maximum Gasteiger partial charge on any atom is 0.337 e. The molecule has 0 aromatic heterocycles. The number of aliphatic carboxylic acids is 1. The summed E-state index contributed by atoms with van der Waals surface area (Å²) in [6.07, 6.45) is 5.50. The molecule has 15 heteroatoms. The van der Waals surface area contributed by atoms with Gasteiger partial charge < -0.3 is 39.8 Å². The van der Waals surface area contributed by atoms with Crippen molar-refractivity contribution in [3.63, 3.8) is 0 Å². The Morgan fingerprint density at radius 3 is 2.07 bits per heavy atom. The molecule has 0 aliphatic carbocycles. The van der Waals surface area contributed by atoms with Gasteiger partial charge in [0, 0.05) is 34.2 Å². The summed E-state index contributed by atoms with van der Waals surface area (Å²) in [6, 6.07) is 14.1. The van der Waals surface area contributed by atoms with Crippen LogP contribution in [0.3, 0.4) is 0 Å². The average molecular weight is 934 g/mol. The van der Waals surface area contributed by atoms with Gasteiger partial charge in [0.25, 0.3) is 0 Å². The summed E-state index contributed by atoms with van der Waals surface area (Å²) < 4.78 is 17.0. The summed E-state index contributed by atoms with van der Waals surface area (Å²) in [7, 11) is 7.95. The molecule has 0 spiro atoms. The van der Waals surface area contributed by atoms with Crippen molar-refractivity contribution in [3.05, 3.63) is 77.4 Å². The van der Waals surface area contributed by atoms with Crippen LogP contribution in [0, 0.1) is 23.7 Å². The van der Waals surface area contributed by atoms with Crippen LogP contribution in [0.5, 0.6) is 0 Å². The molecule has 4 amide bonds. The summed E-state index contributed by atoms with van der Waals surface area (Å²) in [6.45, 7) is 14.4. The molecule has 0 radical (unpaired) electrons. The molecule has 15 nitrogen and oxygen atoms in total. The Bertz CT molecular complexity index is 1920. The number of carboxylic acids is 1. The quantitative estimate of drug-likeness (QED) is 0.0881. The fourth-order valence-electron chi connectivity index (χ4n) is 9.33. The molecule has 1 heterocycles. The van der Waals surface area contributed by atoms with Crippen LogP contribution in [0.4, 0.5) is 0 Å². The molecular weight excluding hydrogens is 855 g/mol. The van der Waals surface area contributed by atoms with Crippen molar-refractivity contribution < 1.29 is 48.1 Å². The van der Waals surface area contributed by atoms with Gasteiger partial charge in [0.15, 0.2) is 0 Å². The highest BCUT2D eigenvalue weighted by Gasteiger charge is 2.43. The first kappa shape index (κ1) is 56.2. The Hall–Kier alpha value is -5.12. The molecule has 1 saturated heterocycles. The second-order valence-corrected chi connectivity index (χ2v) is 18.8. The Morgan fingerprint density at radius 1 is 0.866 bits per heavy atom. The largest absolute Gasteiger partial charge is 0.481 e. The number of likely N-dealkylation sites (tertiary alicyclic amines) is 1. The van der Waals surface area contributed by atoms with Gasteiger partial charge in [-0.05, 0) is 80.3 Å². The van der Waals surface area contributed by atoms with E-state index in [0.717, 1.165) is 17.5 Å². The third-order valence-electron chi connectivity index (χ3n) is 13.2. The molecule has 0 unspecified atom stereocenters. The van der Waals surface area contributed by atoms with Crippen molar-refractivity contribution >= 4 is 41.6 Å². The Labute approximate surface area is 399 Å². The lowest BCUT2D eigenvalue weighted by molar-refractivity contribution is -0.148. The summed E-state index contributed by atoms with van der Waals surface area (Å²) in [5, 5.41) is 15.4. The third-order valence-corrected chi connectivity index (χ3v) is 13.2. The predicted octanol–water partition coefficient (Wildman–Crippen LogP) is 6.10. The van der Waals surface area contributed by atoms with Gasteiger partial charge in [-0.2, -0.15) is 0 Å². The SMILES string of the molecule is CC[C@H](C)[C@@H]([C@@H](CC(=O)N1CCC[C@H]1[C@H](OC)[C@@H](C)C(=O)N[C@H](C=Cc1ccc(C(=O)OC)cc1)Cc1ccccc1)OC)N(C)C(=O)[C@@H](NC(=O)[C@H](C(C)C)N(C)CCCC(=O)O)C(C)C. The van der Waals surface area contributed by atoms with Gasteiger partial charge in [0.05, 0.1) is 61.4 Å². The highest BCUT2D eigenvalue weighted by Crippen LogP contribution is 2.30. The number of carbonyl (C=O) groups excluding carboxylic acids is 5. The number of carbonyl (C=O) groups is 6. The molecule has 1 aliphatic heterocycles. The number of nitrogens with zero attached hydrogens (tertiary/aromatic N) is 3. The number of benzene rings is 2. The fourth-order valence-corrected chi connectivity index (χ4v) is 9.33. The number of hydrogen-bond donors (Lipinski definition) is 3. The first-order valence-electron chi connectivity index (χ1n) is 23.8. The summed E-state index contributed by atoms with van der Waals surface area (Å²) in [4.78, 5) is 85.4. The van der Waals surface area contributed by atoms with Crippen molar-refractivity contribution in [1.82, 2.24) is 25.3 Å². The smallest absolute Gasteiger partial charge is 0.337 e. The van der Waals surface area contributed by atoms with Gasteiger partial charge in [-0.15, -0.1) is 0 Å². The van der Waals surface area contributed by atoms with E-state index in [1.165, 1.54) is 7.11 Å². The zero-order valence-corrected chi connectivity index (χ0v) is 42.0. The number of amides is 4. The minimum atomic E-state index is -0.897. The maximum atomic E-state index is 14.5. The van der Waals surface area contributed by atoms with Crippen LogP contribution in [-0.4, -0.2) is 146 Å². The lowest BCUT2D eigenvalue weighted by Crippen LogP contribution is -2.60. The van der Waals surface area contributed by atoms with Gasteiger partial charge in [-0.25, -0.2) is 4.79 Å². The fraction of sp³-hybridized carbons (Fsp3) is 0.615. The summed E-state index contributed by atoms with van der Waals surface area (Å²) in [5.74, 6) is -3.40. The van der Waals surface area contributed by atoms with Crippen LogP contribution in [0.1, 0.15) is 108 Å². The number of carboxylic acid groups (broad SMARTS) is 1. The van der Waals surface area contributed by atoms with Crippen molar-refractivity contribution in [2.75, 3.05) is 48.5 Å². The van der Waals surface area contributed by atoms with E-state index >= 15 is 0 Å². The van der Waals surface area contributed by atoms with Crippen molar-refractivity contribution in [2.45, 2.75) is 136 Å². The van der Waals surface area contributed by atoms with Gasteiger partial charge in [-0.1, -0.05) is 110 Å². The van der Waals surface area contributed by atoms with E-state index in [2.05, 4.69) is 10.6 Å². The molecule has 1 fully saturated rings. The summed E-state index contributed by atoms with van der Waals surface area (Å²) in [5.41, 5.74) is 2.33. The Balaban J connectivity index is 1.80. The molecular formula is C52H79N5O10. The zero-order valence-electron chi connectivity index (χ0n) is 42.0. The molecule has 3 rings (SSSR count). The minimum absolute atomic E-state index is 0.00886. The van der Waals surface area contributed by atoms with Crippen LogP contribution in [0.2, 0.25) is 0 Å². The lowest BCUT2D eigenvalue weighted by atomic mass is 9.89. The van der Waals surface area contributed by atoms with Gasteiger partial charge >= 0.3 is 11.9 Å². The number of likely N-dealkylation sites (N-methyl/N-ethyl adjacent to an activating group) is 2. The van der Waals surface area contributed by atoms with Crippen molar-refractivity contribution in [2.24, 2.45) is 23.7 Å². The molecule has 2 aromatic carbocycles. The number of nitrogens with one attached hydrogen (secondary N) is 2. The summed E-state index contributed by atoms with van der Waals surface area (Å²) >= 11 is 0. The Morgan fingerprint density at radius 2 is 1.52 bits per heavy atom. The normalized spacial score (nSPS) is 17.7. The van der Waals surface area contributed by atoms with Crippen LogP contribution >= 0.6 is 0 Å². The Kier molecular flexibility index (Phi) is 23.2. The molecule has 67 heavy (non-hydrogen) atoms. The maximum absolute atomic E-state index is 14.5. The van der Waals surface area contributed by atoms with Crippen LogP contribution in [0.15, 0.2) is 60.7 Å². The average Bonchev–Trinajstić information content (AvgIpc) is 3.79. The van der Waals surface area contributed by atoms with Crippen LogP contribution in [0.25, 0.3) is 6.08 Å². The first-order chi connectivity index (χ1) is 31.8. The van der Waals surface area contributed by atoms with E-state index in [9.17, 15) is 28.8 Å². The van der Waals surface area contributed by atoms with Crippen molar-refractivity contribution in [1.29, 1.82) is 0 Å². The number of esters is 1. The van der Waals surface area contributed by atoms with Crippen LogP contribution in [-0.2, 0) is 44.6 Å². The monoisotopic (exact) mass is 934 g/mol. The molecule has 2 aromatic rings. The standard InChI is InChI=1S/C52H79N5O10/c1-13-35(6)47(56(9)51(63)45(33(2)3)54-50(62)46(34(4)5)55(8)29-18-22-44(59)60)42(65-10)32-43(58)57-30-17-21-41(57)48(66-11)36(7)49(61)53-40(31-38-19-15-14-16-20-38)28-25-37-23-26-39(27-24-37)52(64)67-12/h14-16,19-20,23-28,33-36,40-42,45-48H,13,17-18,21-22,29-32H2,1-12H3,(H,53,61)(H,54,62)(H,59,60)/t35-,36+,40+,41-,42+,45-,46-,47-,48+/m0/s1. The third kappa shape index (κ3) is 16.3. The van der Waals surface area contributed by atoms with E-state index in [1.54, 1.807) is 50.2 Å². The second-order valence-electron chi connectivity index (χ2n) is 18.8. The van der Waals surface area contributed by atoms with Gasteiger partial charge in [0.1, 0.15) is 6.04 Å². The minimum Gasteiger partial charge on any atom is -0.481 e. The van der Waals surface area contributed by atoms with Gasteiger partial charge in [-0.3, -0.25) is 28.9 Å². The van der Waals surface area contributed by atoms with E-state index in [4.69, 9.17) is 19.3 Å². The molecule has 3 N–H and O–H groups in total. The highest BCUT2D eigenvalue weighted by atomic mass is 16.5. The van der Waals surface area contributed by atoms with Gasteiger partial charge in [0.2, 0.25) is 23.6 Å². The predicted molar refractivity (Wildman–Crippen MR) is 260 cm³/mol. The van der Waals surface area contributed by atoms with Crippen LogP contribution < -0.4 is 10.6 Å². The van der Waals surface area contributed by atoms with Crippen molar-refractivity contribution in [3.8, 4) is 0 Å². The number of rotatable bonds is 27. The molecule has 372 valence electrons. The van der Waals surface area contributed by atoms with E-state index in [-0.39, 0.29) is 66.3 Å². The first-order valence-corrected chi connectivity index (χ1v) is 23.8. The van der Waals surface area contributed by atoms with E-state index < -0.39 is 48.2 Å². The molecule has 0 bridgehead atoms. The number of ether oxygens (including phenoxy) is 3. The zero-order chi connectivity index (χ0) is 50.0. The molecule has 9 atom stereocenters.